The van der Waals surface area contributed by atoms with Gasteiger partial charge in [-0.25, -0.2) is 44.9 Å². The summed E-state index contributed by atoms with van der Waals surface area (Å²) in [5, 5.41) is 19.7. The molecule has 94 heavy (non-hydrogen) atoms. The molecule has 0 bridgehead atoms. The van der Waals surface area contributed by atoms with Crippen LogP contribution in [0.15, 0.2) is 173 Å². The molecule has 9 aromatic rings. The van der Waals surface area contributed by atoms with E-state index in [1.807, 2.05) is 24.3 Å². The number of hydrogen-bond acceptors (Lipinski definition) is 19. The van der Waals surface area contributed by atoms with Gasteiger partial charge in [-0.2, -0.15) is 23.9 Å². The molecule has 0 amide bonds. The summed E-state index contributed by atoms with van der Waals surface area (Å²) in [7, 11) is -10.4. The number of sulfone groups is 1. The van der Waals surface area contributed by atoms with Crippen LogP contribution in [0.1, 0.15) is 48.8 Å². The van der Waals surface area contributed by atoms with Gasteiger partial charge in [0.25, 0.3) is 36.7 Å². The lowest BCUT2D eigenvalue weighted by Gasteiger charge is -2.36. The second kappa shape index (κ2) is 31.3. The lowest BCUT2D eigenvalue weighted by atomic mass is 9.94. The molecule has 21 nitrogen and oxygen atoms in total. The molecule has 3 aromatic carbocycles. The van der Waals surface area contributed by atoms with Gasteiger partial charge < -0.3 is 4.74 Å². The Bertz CT molecular complexity index is 4500. The number of hydrogen-bond donors (Lipinski definition) is 3. The predicted molar refractivity (Wildman–Crippen MR) is 365 cm³/mol. The summed E-state index contributed by atoms with van der Waals surface area (Å²) < 4.78 is 102. The first-order valence-corrected chi connectivity index (χ1v) is 38.2. The number of fused-ring (bicyclic) bond motifs is 1. The fourth-order valence-corrected chi connectivity index (χ4v) is 20.4. The Balaban J connectivity index is 0.000000144. The highest BCUT2D eigenvalue weighted by Crippen LogP contribution is 2.36. The number of aromatic nitrogens is 6. The number of ether oxygens (including phenoxy) is 1. The molecule has 496 valence electrons. The summed E-state index contributed by atoms with van der Waals surface area (Å²) in [4.78, 5) is 42.6. The third kappa shape index (κ3) is 17.9. The van der Waals surface area contributed by atoms with E-state index in [1.165, 1.54) is 62.4 Å². The Morgan fingerprint density at radius 1 is 0.511 bits per heavy atom. The van der Waals surface area contributed by atoms with Gasteiger partial charge in [-0.15, -0.1) is 34.0 Å². The summed E-state index contributed by atoms with van der Waals surface area (Å²) in [5.74, 6) is 1.58. The summed E-state index contributed by atoms with van der Waals surface area (Å²) >= 11 is 9.38. The van der Waals surface area contributed by atoms with Crippen LogP contribution in [0.2, 0.25) is 5.02 Å². The van der Waals surface area contributed by atoms with Gasteiger partial charge >= 0.3 is 0 Å². The van der Waals surface area contributed by atoms with Crippen molar-refractivity contribution in [3.63, 3.8) is 0 Å². The SMILES string of the molecule is O=c1ccc(-c2ccc(S(=O)(=O)CCC3CCN(Cc4ccccc4F)CC3)s2)n[nH]1.O=c1ccc(-c2ccc(S(=O)(=O)N3CCC(CN4CCc5ccccc5C4)CC3)s2)n[nH]1.O=c1ccc(-c2ccc(S(=O)(=O)N3CCN(CCOc4ccc(Cl)cc4)CC3)s2)n[nH]1. The topological polar surface area (TPSA) is 265 Å². The van der Waals surface area contributed by atoms with Gasteiger partial charge in [0.05, 0.1) is 20.4 Å². The molecule has 3 saturated heterocycles. The number of sulfonamides is 2. The lowest BCUT2D eigenvalue weighted by Crippen LogP contribution is -2.49. The minimum absolute atomic E-state index is 0.115. The Kier molecular flexibility index (Phi) is 22.8. The van der Waals surface area contributed by atoms with Crippen LogP contribution in [0.3, 0.4) is 0 Å². The molecule has 4 aliphatic rings. The molecule has 6 aromatic heterocycles. The average Bonchev–Trinajstić information content (AvgIpc) is 1.61. The molecule has 0 unspecified atom stereocenters. The van der Waals surface area contributed by atoms with Crippen molar-refractivity contribution in [3.8, 4) is 37.5 Å². The second-order valence-electron chi connectivity index (χ2n) is 23.3. The first-order valence-electron chi connectivity index (χ1n) is 30.9. The van der Waals surface area contributed by atoms with Crippen LogP contribution in [0, 0.1) is 17.7 Å². The van der Waals surface area contributed by atoms with Crippen molar-refractivity contribution in [2.45, 2.75) is 64.2 Å². The Morgan fingerprint density at radius 3 is 1.55 bits per heavy atom. The molecule has 4 aliphatic heterocycles. The molecule has 10 heterocycles. The standard InChI is InChI=1S/C23H26N4O3S2.C22H24FN3O3S2.C20H21ClN4O4S2/c28-22-7-5-20(24-25-22)21-6-8-23(31-21)32(29,30)27-13-9-17(10-14-27)15-26-12-11-18-3-1-2-4-19(18)16-26;23-18-4-2-1-3-17(18)15-26-12-9-16(10-13-26)11-14-31(28,29)22-8-6-20(30-22)19-5-7-21(27)25-24-19;21-15-1-3-16(4-2-15)29-14-13-24-9-11-25(12-10-24)31(27,28)20-8-6-18(30-20)17-5-7-19(26)23-22-17/h1-8,17H,9-16H2,(H,25,28);1-8,16H,9-15H2,(H,25,27);1-8H,9-14H2,(H,23,26). The molecule has 3 N–H and O–H groups in total. The van der Waals surface area contributed by atoms with Gasteiger partial charge in [0, 0.05) is 101 Å². The van der Waals surface area contributed by atoms with E-state index in [2.05, 4.69) is 69.6 Å². The van der Waals surface area contributed by atoms with Gasteiger partial charge in [-0.1, -0.05) is 54.1 Å². The molecule has 3 fully saturated rings. The van der Waals surface area contributed by atoms with E-state index in [9.17, 15) is 44.0 Å². The highest BCUT2D eigenvalue weighted by molar-refractivity contribution is 7.93. The molecule has 0 spiro atoms. The third-order valence-electron chi connectivity index (χ3n) is 17.0. The molecular formula is C65H71ClFN11O10S6. The summed E-state index contributed by atoms with van der Waals surface area (Å²) in [6, 6.07) is 41.6. The zero-order chi connectivity index (χ0) is 65.8. The summed E-state index contributed by atoms with van der Waals surface area (Å²) in [5.41, 5.74) is 4.35. The van der Waals surface area contributed by atoms with Crippen LogP contribution >= 0.6 is 45.6 Å². The fourth-order valence-electron chi connectivity index (χ4n) is 11.7. The minimum atomic E-state index is -3.57. The van der Waals surface area contributed by atoms with Gasteiger partial charge in [0.1, 0.15) is 47.9 Å². The van der Waals surface area contributed by atoms with E-state index in [4.69, 9.17) is 16.3 Å². The van der Waals surface area contributed by atoms with Gasteiger partial charge in [0.15, 0.2) is 9.84 Å². The van der Waals surface area contributed by atoms with Crippen LogP contribution in [-0.2, 0) is 49.4 Å². The van der Waals surface area contributed by atoms with Gasteiger partial charge in [0.2, 0.25) is 0 Å². The first kappa shape index (κ1) is 68.5. The molecule has 13 rings (SSSR count). The van der Waals surface area contributed by atoms with Crippen molar-refractivity contribution >= 4 is 75.5 Å². The molecular weight excluding hydrogens is 1340 g/mol. The zero-order valence-electron chi connectivity index (χ0n) is 51.2. The van der Waals surface area contributed by atoms with E-state index in [0.717, 1.165) is 93.3 Å². The Hall–Kier alpha value is -6.93. The minimum Gasteiger partial charge on any atom is -0.492 e. The Labute approximate surface area is 561 Å². The number of piperidine rings is 2. The average molecular weight is 1410 g/mol. The highest BCUT2D eigenvalue weighted by Gasteiger charge is 2.33. The maximum atomic E-state index is 13.9. The van der Waals surface area contributed by atoms with Crippen LogP contribution in [-0.4, -0.2) is 164 Å². The third-order valence-corrected chi connectivity index (χ3v) is 27.6. The molecule has 0 saturated carbocycles. The zero-order valence-corrected chi connectivity index (χ0v) is 56.9. The van der Waals surface area contributed by atoms with Crippen molar-refractivity contribution in [1.82, 2.24) is 53.9 Å². The van der Waals surface area contributed by atoms with Crippen LogP contribution in [0.5, 0.6) is 5.75 Å². The number of nitrogens with one attached hydrogen (secondary N) is 3. The second-order valence-corrected chi connectivity index (χ2v) is 33.7. The van der Waals surface area contributed by atoms with Crippen molar-refractivity contribution in [2.75, 3.05) is 84.4 Å². The highest BCUT2D eigenvalue weighted by atomic mass is 35.5. The number of aromatic amines is 3. The molecule has 0 radical (unpaired) electrons. The van der Waals surface area contributed by atoms with Gasteiger partial charge in [-0.05, 0) is 160 Å². The van der Waals surface area contributed by atoms with Crippen LogP contribution in [0.25, 0.3) is 31.7 Å². The number of thiophene rings is 3. The maximum absolute atomic E-state index is 13.9. The molecule has 29 heteroatoms. The van der Waals surface area contributed by atoms with Crippen molar-refractivity contribution < 1.29 is 34.4 Å². The number of benzene rings is 3. The fraction of sp³-hybridized carbons (Fsp3) is 0.354. The number of rotatable bonds is 19. The number of nitrogens with zero attached hydrogens (tertiary/aromatic N) is 8. The van der Waals surface area contributed by atoms with E-state index in [1.54, 1.807) is 77.1 Å². The van der Waals surface area contributed by atoms with Crippen LogP contribution in [0.4, 0.5) is 4.39 Å². The lowest BCUT2D eigenvalue weighted by molar-refractivity contribution is 0.159. The Morgan fingerprint density at radius 2 is 1.01 bits per heavy atom. The maximum Gasteiger partial charge on any atom is 0.264 e. The van der Waals surface area contributed by atoms with E-state index in [0.29, 0.717) is 117 Å². The smallest absolute Gasteiger partial charge is 0.264 e. The first-order chi connectivity index (χ1) is 45.3. The quantitative estimate of drug-likeness (QED) is 0.0681. The monoisotopic (exact) mass is 1410 g/mol. The van der Waals surface area contributed by atoms with E-state index < -0.39 is 29.9 Å². The van der Waals surface area contributed by atoms with E-state index >= 15 is 0 Å². The predicted octanol–water partition coefficient (Wildman–Crippen LogP) is 9.21. The van der Waals surface area contributed by atoms with E-state index in [-0.39, 0.29) is 32.5 Å². The summed E-state index contributed by atoms with van der Waals surface area (Å²) in [6.07, 6.45) is 5.32. The molecule has 0 aliphatic carbocycles. The molecule has 0 atom stereocenters. The number of piperazine rings is 1. The van der Waals surface area contributed by atoms with Crippen molar-refractivity contribution in [2.24, 2.45) is 11.8 Å². The number of H-pyrrole nitrogens is 3. The summed E-state index contributed by atoms with van der Waals surface area (Å²) in [6.45, 7) is 9.87. The van der Waals surface area contributed by atoms with Gasteiger partial charge in [-0.3, -0.25) is 29.1 Å². The number of likely N-dealkylation sites (tertiary alicyclic amines) is 1. The van der Waals surface area contributed by atoms with Crippen LogP contribution < -0.4 is 21.4 Å². The van der Waals surface area contributed by atoms with Crippen molar-refractivity contribution in [3.05, 3.63) is 204 Å². The largest absolute Gasteiger partial charge is 0.492 e. The van der Waals surface area contributed by atoms with Crippen molar-refractivity contribution in [1.29, 1.82) is 0 Å². The normalized spacial score (nSPS) is 16.7. The number of halogens is 2.